The fourth-order valence-electron chi connectivity index (χ4n) is 1.78. The van der Waals surface area contributed by atoms with E-state index in [4.69, 9.17) is 0 Å². The zero-order valence-electron chi connectivity index (χ0n) is 7.88. The van der Waals surface area contributed by atoms with Crippen LogP contribution in [-0.2, 0) is 7.05 Å². The van der Waals surface area contributed by atoms with E-state index in [1.54, 1.807) is 9.12 Å². The summed E-state index contributed by atoms with van der Waals surface area (Å²) in [6, 6.07) is 2.08. The number of pyridine rings is 1. The lowest BCUT2D eigenvalue weighted by Crippen LogP contribution is -1.90. The van der Waals surface area contributed by atoms with Crippen molar-refractivity contribution in [2.45, 2.75) is 0 Å². The van der Waals surface area contributed by atoms with Crippen LogP contribution in [0.3, 0.4) is 0 Å². The van der Waals surface area contributed by atoms with Gasteiger partial charge in [-0.2, -0.15) is 5.10 Å². The standard InChI is InChI=1S/C9H7IN4S/c1-13-8-6(5-12-13)4-11-9-7(8)2-3-14(9)15-10/h2-5H,1H3. The second-order valence-electron chi connectivity index (χ2n) is 3.28. The number of nitrogens with zero attached hydrogens (tertiary/aromatic N) is 4. The van der Waals surface area contributed by atoms with Gasteiger partial charge in [-0.15, -0.1) is 0 Å². The van der Waals surface area contributed by atoms with Crippen molar-refractivity contribution >= 4 is 52.3 Å². The second kappa shape index (κ2) is 3.38. The van der Waals surface area contributed by atoms with Crippen LogP contribution in [0.15, 0.2) is 24.7 Å². The first-order valence-corrected chi connectivity index (χ1v) is 7.70. The van der Waals surface area contributed by atoms with Crippen molar-refractivity contribution in [2.24, 2.45) is 7.05 Å². The molecule has 76 valence electrons. The first-order valence-electron chi connectivity index (χ1n) is 4.38. The molecule has 3 rings (SSSR count). The number of aromatic nitrogens is 4. The Balaban J connectivity index is 2.54. The van der Waals surface area contributed by atoms with E-state index in [-0.39, 0.29) is 0 Å². The van der Waals surface area contributed by atoms with Crippen molar-refractivity contribution in [1.29, 1.82) is 0 Å². The summed E-state index contributed by atoms with van der Waals surface area (Å²) in [6.45, 7) is 0. The number of hydrogen-bond acceptors (Lipinski definition) is 3. The summed E-state index contributed by atoms with van der Waals surface area (Å²) in [6.07, 6.45) is 5.74. The average Bonchev–Trinajstić information content (AvgIpc) is 2.81. The molecule has 0 aliphatic rings. The minimum absolute atomic E-state index is 0.991. The van der Waals surface area contributed by atoms with Crippen molar-refractivity contribution in [3.8, 4) is 0 Å². The lowest BCUT2D eigenvalue weighted by molar-refractivity contribution is 0.799. The van der Waals surface area contributed by atoms with Gasteiger partial charge in [-0.05, 0) is 6.07 Å². The predicted octanol–water partition coefficient (Wildman–Crippen LogP) is 2.77. The van der Waals surface area contributed by atoms with Gasteiger partial charge in [-0.25, -0.2) is 4.98 Å². The maximum atomic E-state index is 4.44. The SMILES string of the molecule is Cn1ncc2cnc3c(ccn3SI)c21. The molecule has 0 aliphatic carbocycles. The van der Waals surface area contributed by atoms with E-state index in [1.165, 1.54) is 0 Å². The van der Waals surface area contributed by atoms with Gasteiger partial charge in [0.1, 0.15) is 0 Å². The van der Waals surface area contributed by atoms with Crippen LogP contribution in [0.4, 0.5) is 0 Å². The van der Waals surface area contributed by atoms with E-state index in [9.17, 15) is 0 Å². The van der Waals surface area contributed by atoms with Crippen molar-refractivity contribution in [3.63, 3.8) is 0 Å². The van der Waals surface area contributed by atoms with E-state index >= 15 is 0 Å². The minimum Gasteiger partial charge on any atom is -0.267 e. The largest absolute Gasteiger partial charge is 0.267 e. The summed E-state index contributed by atoms with van der Waals surface area (Å²) < 4.78 is 3.93. The number of halogens is 1. The summed E-state index contributed by atoms with van der Waals surface area (Å²) in [7, 11) is 3.57. The molecule has 3 aromatic heterocycles. The quantitative estimate of drug-likeness (QED) is 0.644. The van der Waals surface area contributed by atoms with E-state index < -0.39 is 0 Å². The van der Waals surface area contributed by atoms with E-state index in [0.29, 0.717) is 0 Å². The Hall–Kier alpha value is -0.760. The van der Waals surface area contributed by atoms with Crippen LogP contribution < -0.4 is 0 Å². The monoisotopic (exact) mass is 330 g/mol. The molecule has 4 nitrogen and oxygen atoms in total. The normalized spacial score (nSPS) is 11.6. The van der Waals surface area contributed by atoms with Crippen LogP contribution >= 0.6 is 30.3 Å². The van der Waals surface area contributed by atoms with Crippen molar-refractivity contribution in [1.82, 2.24) is 18.7 Å². The molecule has 0 bridgehead atoms. The lowest BCUT2D eigenvalue weighted by atomic mass is 10.2. The number of hydrogen-bond donors (Lipinski definition) is 0. The molecule has 0 saturated heterocycles. The third-order valence-electron chi connectivity index (χ3n) is 2.45. The van der Waals surface area contributed by atoms with Gasteiger partial charge in [0.2, 0.25) is 0 Å². The maximum Gasteiger partial charge on any atom is 0.152 e. The molecule has 3 aromatic rings. The summed E-state index contributed by atoms with van der Waals surface area (Å²) in [5.41, 5.74) is 2.13. The molecule has 0 saturated carbocycles. The molecule has 0 unspecified atom stereocenters. The second-order valence-corrected chi connectivity index (χ2v) is 4.99. The molecular weight excluding hydrogens is 323 g/mol. The predicted molar refractivity (Wildman–Crippen MR) is 71.0 cm³/mol. The molecule has 0 fully saturated rings. The minimum atomic E-state index is 0.991. The average molecular weight is 330 g/mol. The molecule has 0 atom stereocenters. The molecule has 0 N–H and O–H groups in total. The van der Waals surface area contributed by atoms with Crippen LogP contribution in [0, 0.1) is 0 Å². The number of aryl methyl sites for hydroxylation is 1. The highest BCUT2D eigenvalue weighted by atomic mass is 127. The fraction of sp³-hybridized carbons (Fsp3) is 0.111. The van der Waals surface area contributed by atoms with Gasteiger partial charge in [0, 0.05) is 60.5 Å². The summed E-state index contributed by atoms with van der Waals surface area (Å²) in [5.74, 6) is 0. The Labute approximate surface area is 102 Å². The maximum absolute atomic E-state index is 4.44. The van der Waals surface area contributed by atoms with Crippen LogP contribution in [0.5, 0.6) is 0 Å². The van der Waals surface area contributed by atoms with Gasteiger partial charge in [-0.1, -0.05) is 0 Å². The Morgan fingerprint density at radius 2 is 2.27 bits per heavy atom. The highest BCUT2D eigenvalue weighted by Gasteiger charge is 2.09. The zero-order chi connectivity index (χ0) is 10.4. The third-order valence-corrected chi connectivity index (χ3v) is 4.17. The summed E-state index contributed by atoms with van der Waals surface area (Å²) >= 11 is 2.25. The van der Waals surface area contributed by atoms with Gasteiger partial charge >= 0.3 is 0 Å². The van der Waals surface area contributed by atoms with Gasteiger partial charge in [0.25, 0.3) is 0 Å². The summed E-state index contributed by atoms with van der Waals surface area (Å²) in [4.78, 5) is 4.44. The third kappa shape index (κ3) is 1.27. The molecule has 0 spiro atoms. The van der Waals surface area contributed by atoms with Gasteiger partial charge in [0.05, 0.1) is 11.7 Å². The molecule has 15 heavy (non-hydrogen) atoms. The van der Waals surface area contributed by atoms with Crippen molar-refractivity contribution < 1.29 is 0 Å². The van der Waals surface area contributed by atoms with Crippen molar-refractivity contribution in [2.75, 3.05) is 0 Å². The highest BCUT2D eigenvalue weighted by Crippen LogP contribution is 2.28. The van der Waals surface area contributed by atoms with Crippen LogP contribution in [0.25, 0.3) is 21.9 Å². The van der Waals surface area contributed by atoms with Gasteiger partial charge < -0.3 is 0 Å². The van der Waals surface area contributed by atoms with E-state index in [2.05, 4.69) is 37.4 Å². The first-order chi connectivity index (χ1) is 7.31. The number of rotatable bonds is 1. The zero-order valence-corrected chi connectivity index (χ0v) is 10.9. The topological polar surface area (TPSA) is 35.6 Å². The molecule has 3 heterocycles. The Morgan fingerprint density at radius 1 is 1.40 bits per heavy atom. The first kappa shape index (κ1) is 9.46. The molecule has 0 radical (unpaired) electrons. The smallest absolute Gasteiger partial charge is 0.152 e. The fourth-order valence-corrected chi connectivity index (χ4v) is 3.05. The number of fused-ring (bicyclic) bond motifs is 3. The van der Waals surface area contributed by atoms with Crippen LogP contribution in [-0.4, -0.2) is 18.7 Å². The molecular formula is C9H7IN4S. The molecule has 0 amide bonds. The Kier molecular flexibility index (Phi) is 2.13. The Bertz CT molecular complexity index is 642. The highest BCUT2D eigenvalue weighted by molar-refractivity contribution is 14.2. The van der Waals surface area contributed by atoms with E-state index in [1.807, 2.05) is 34.3 Å². The lowest BCUT2D eigenvalue weighted by Gasteiger charge is -1.98. The van der Waals surface area contributed by atoms with Crippen LogP contribution in [0.2, 0.25) is 0 Å². The molecule has 0 aromatic carbocycles. The molecule has 6 heteroatoms. The van der Waals surface area contributed by atoms with Gasteiger partial charge in [-0.3, -0.25) is 8.65 Å². The summed E-state index contributed by atoms with van der Waals surface area (Å²) in [5, 5.41) is 6.47. The van der Waals surface area contributed by atoms with Gasteiger partial charge in [0.15, 0.2) is 5.65 Å². The molecule has 0 aliphatic heterocycles. The van der Waals surface area contributed by atoms with E-state index in [0.717, 1.165) is 21.9 Å². The van der Waals surface area contributed by atoms with Crippen LogP contribution in [0.1, 0.15) is 0 Å². The van der Waals surface area contributed by atoms with Crippen molar-refractivity contribution in [3.05, 3.63) is 24.7 Å². The Morgan fingerprint density at radius 3 is 3.07 bits per heavy atom.